The van der Waals surface area contributed by atoms with E-state index in [1.165, 1.54) is 19.4 Å². The highest BCUT2D eigenvalue weighted by molar-refractivity contribution is 6.30. The van der Waals surface area contributed by atoms with Crippen molar-refractivity contribution < 1.29 is 24.1 Å². The lowest BCUT2D eigenvalue weighted by molar-refractivity contribution is 0.131. The molecule has 0 saturated heterocycles. The van der Waals surface area contributed by atoms with Gasteiger partial charge in [0.15, 0.2) is 0 Å². The van der Waals surface area contributed by atoms with Gasteiger partial charge in [0.2, 0.25) is 5.89 Å². The zero-order chi connectivity index (χ0) is 24.2. The van der Waals surface area contributed by atoms with Crippen molar-refractivity contribution in [1.29, 1.82) is 0 Å². The average Bonchev–Trinajstić information content (AvgIpc) is 3.27. The summed E-state index contributed by atoms with van der Waals surface area (Å²) in [6.45, 7) is 2.14. The van der Waals surface area contributed by atoms with Crippen LogP contribution in [-0.4, -0.2) is 44.1 Å². The highest BCUT2D eigenvalue weighted by Crippen LogP contribution is 2.45. The molecule has 0 bridgehead atoms. The van der Waals surface area contributed by atoms with E-state index in [-0.39, 0.29) is 58.7 Å². The Bertz CT molecular complexity index is 1370. The summed E-state index contributed by atoms with van der Waals surface area (Å²) in [5, 5.41) is 30.2. The number of benzene rings is 1. The predicted octanol–water partition coefficient (Wildman–Crippen LogP) is 3.69. The Morgan fingerprint density at radius 2 is 1.94 bits per heavy atom. The van der Waals surface area contributed by atoms with E-state index in [9.17, 15) is 15.0 Å². The van der Waals surface area contributed by atoms with Gasteiger partial charge in [-0.3, -0.25) is 9.78 Å². The summed E-state index contributed by atoms with van der Waals surface area (Å²) in [6.07, 6.45) is 1.69. The van der Waals surface area contributed by atoms with Crippen molar-refractivity contribution in [2.45, 2.75) is 20.0 Å². The Morgan fingerprint density at radius 3 is 2.65 bits per heavy atom. The monoisotopic (exact) mass is 484 g/mol. The lowest BCUT2D eigenvalue weighted by Crippen LogP contribution is -2.15. The number of nitrogens with one attached hydrogen (secondary N) is 1. The number of methoxy groups -OCH3 is 1. The molecule has 0 unspecified atom stereocenters. The van der Waals surface area contributed by atoms with Crippen LogP contribution in [0.25, 0.3) is 22.6 Å². The van der Waals surface area contributed by atoms with E-state index in [0.717, 1.165) is 0 Å². The molecule has 4 rings (SSSR count). The number of rotatable bonds is 8. The number of phenolic OH excluding ortho intramolecular Hbond substituents is 1. The molecule has 34 heavy (non-hydrogen) atoms. The molecule has 4 aromatic rings. The summed E-state index contributed by atoms with van der Waals surface area (Å²) >= 11 is 5.86. The van der Waals surface area contributed by atoms with Crippen LogP contribution in [0.5, 0.6) is 17.2 Å². The molecule has 0 aliphatic carbocycles. The third kappa shape index (κ3) is 4.59. The number of hydrogen-bond donors (Lipinski definition) is 3. The minimum Gasteiger partial charge on any atom is -0.507 e. The molecule has 10 nitrogen and oxygen atoms in total. The van der Waals surface area contributed by atoms with E-state index in [1.807, 2.05) is 0 Å². The number of nitrogens with zero attached hydrogens (tertiary/aromatic N) is 3. The van der Waals surface area contributed by atoms with Gasteiger partial charge in [-0.15, -0.1) is 10.2 Å². The first-order valence-corrected chi connectivity index (χ1v) is 10.7. The van der Waals surface area contributed by atoms with Gasteiger partial charge in [0.05, 0.1) is 42.0 Å². The molecule has 0 fully saturated rings. The molecule has 3 aromatic heterocycles. The van der Waals surface area contributed by atoms with Crippen molar-refractivity contribution in [3.8, 4) is 39.8 Å². The summed E-state index contributed by atoms with van der Waals surface area (Å²) < 4.78 is 16.5. The maximum Gasteiger partial charge on any atom is 0.264 e. The summed E-state index contributed by atoms with van der Waals surface area (Å²) in [6, 6.07) is 8.05. The zero-order valence-electron chi connectivity index (χ0n) is 18.3. The summed E-state index contributed by atoms with van der Waals surface area (Å²) in [5.74, 6) is -0.348. The van der Waals surface area contributed by atoms with E-state index < -0.39 is 11.3 Å². The molecule has 0 aliphatic rings. The molecule has 0 aliphatic heterocycles. The SMILES string of the molecule is CCOCc1[nH]c(=O)c(-c2nnc(Cc3ccc(Cl)cn3)o2)c(O)c1-c1c(O)cccc1OC. The normalized spacial score (nSPS) is 11.0. The highest BCUT2D eigenvalue weighted by atomic mass is 35.5. The molecule has 1 aromatic carbocycles. The molecule has 11 heteroatoms. The molecule has 176 valence electrons. The van der Waals surface area contributed by atoms with Crippen molar-refractivity contribution in [1.82, 2.24) is 20.2 Å². The van der Waals surface area contributed by atoms with E-state index in [2.05, 4.69) is 20.2 Å². The number of H-pyrrole nitrogens is 1. The Morgan fingerprint density at radius 1 is 1.12 bits per heavy atom. The van der Waals surface area contributed by atoms with Gasteiger partial charge in [0.25, 0.3) is 11.4 Å². The number of aromatic hydroxyl groups is 2. The van der Waals surface area contributed by atoms with Gasteiger partial charge in [-0.05, 0) is 31.2 Å². The molecule has 0 radical (unpaired) electrons. The van der Waals surface area contributed by atoms with Crippen LogP contribution >= 0.6 is 11.6 Å². The second kappa shape index (κ2) is 9.94. The number of hydrogen-bond acceptors (Lipinski definition) is 9. The minimum absolute atomic E-state index is 0.0241. The van der Waals surface area contributed by atoms with Gasteiger partial charge in [-0.1, -0.05) is 17.7 Å². The van der Waals surface area contributed by atoms with Crippen LogP contribution in [-0.2, 0) is 17.8 Å². The predicted molar refractivity (Wildman–Crippen MR) is 123 cm³/mol. The quantitative estimate of drug-likeness (QED) is 0.341. The average molecular weight is 485 g/mol. The number of aromatic amines is 1. The summed E-state index contributed by atoms with van der Waals surface area (Å²) in [5.41, 5.74) is 0.271. The molecule has 0 saturated carbocycles. The van der Waals surface area contributed by atoms with Crippen molar-refractivity contribution in [2.24, 2.45) is 0 Å². The first-order chi connectivity index (χ1) is 16.4. The van der Waals surface area contributed by atoms with Crippen molar-refractivity contribution in [3.05, 3.63) is 69.2 Å². The second-order valence-electron chi connectivity index (χ2n) is 7.17. The first-order valence-electron chi connectivity index (χ1n) is 10.3. The van der Waals surface area contributed by atoms with E-state index in [4.69, 9.17) is 25.5 Å². The molecule has 0 amide bonds. The fraction of sp³-hybridized carbons (Fsp3) is 0.217. The highest BCUT2D eigenvalue weighted by Gasteiger charge is 2.27. The van der Waals surface area contributed by atoms with Crippen LogP contribution in [0, 0.1) is 0 Å². The number of pyridine rings is 2. The van der Waals surface area contributed by atoms with Crippen LogP contribution in [0.15, 0.2) is 45.7 Å². The Balaban J connectivity index is 1.84. The Labute approximate surface area is 198 Å². The van der Waals surface area contributed by atoms with Gasteiger partial charge < -0.3 is 29.1 Å². The van der Waals surface area contributed by atoms with E-state index in [1.54, 1.807) is 31.2 Å². The minimum atomic E-state index is -0.662. The number of ether oxygens (including phenoxy) is 2. The van der Waals surface area contributed by atoms with E-state index in [0.29, 0.717) is 17.3 Å². The topological polar surface area (TPSA) is 144 Å². The third-order valence-electron chi connectivity index (χ3n) is 4.99. The molecule has 3 heterocycles. The van der Waals surface area contributed by atoms with Crippen LogP contribution < -0.4 is 10.3 Å². The van der Waals surface area contributed by atoms with Gasteiger partial charge in [0.1, 0.15) is 22.8 Å². The van der Waals surface area contributed by atoms with Gasteiger partial charge >= 0.3 is 0 Å². The third-order valence-corrected chi connectivity index (χ3v) is 5.22. The Kier molecular flexibility index (Phi) is 6.80. The molecule has 3 N–H and O–H groups in total. The molecular formula is C23H21ClN4O6. The maximum absolute atomic E-state index is 12.9. The molecule has 0 atom stereocenters. The van der Waals surface area contributed by atoms with Crippen molar-refractivity contribution >= 4 is 11.6 Å². The smallest absolute Gasteiger partial charge is 0.264 e. The molecular weight excluding hydrogens is 464 g/mol. The maximum atomic E-state index is 12.9. The van der Waals surface area contributed by atoms with Crippen LogP contribution in [0.1, 0.15) is 24.2 Å². The Hall–Kier alpha value is -3.89. The number of aromatic nitrogens is 4. The van der Waals surface area contributed by atoms with Crippen LogP contribution in [0.4, 0.5) is 0 Å². The van der Waals surface area contributed by atoms with E-state index >= 15 is 0 Å². The zero-order valence-corrected chi connectivity index (χ0v) is 19.1. The van der Waals surface area contributed by atoms with Crippen LogP contribution in [0.2, 0.25) is 5.02 Å². The van der Waals surface area contributed by atoms with Crippen LogP contribution in [0.3, 0.4) is 0 Å². The fourth-order valence-electron chi connectivity index (χ4n) is 3.45. The van der Waals surface area contributed by atoms with Gasteiger partial charge in [-0.2, -0.15) is 0 Å². The standard InChI is InChI=1S/C23H21ClN4O6/c1-3-33-11-14-18(19-15(29)5-4-6-16(19)32-2)21(30)20(22(31)26-14)23-28-27-17(34-23)9-13-8-7-12(24)10-25-13/h4-8,10,29H,3,9,11H2,1-2H3,(H2,26,30,31). The molecule has 0 spiro atoms. The van der Waals surface area contributed by atoms with Crippen molar-refractivity contribution in [2.75, 3.05) is 13.7 Å². The summed E-state index contributed by atoms with van der Waals surface area (Å²) in [4.78, 5) is 19.8. The number of halogens is 1. The van der Waals surface area contributed by atoms with Gasteiger partial charge in [0, 0.05) is 18.5 Å². The van der Waals surface area contributed by atoms with Crippen molar-refractivity contribution in [3.63, 3.8) is 0 Å². The fourth-order valence-corrected chi connectivity index (χ4v) is 3.56. The lowest BCUT2D eigenvalue weighted by atomic mass is 9.98. The van der Waals surface area contributed by atoms with Gasteiger partial charge in [-0.25, -0.2) is 0 Å². The largest absolute Gasteiger partial charge is 0.507 e. The second-order valence-corrected chi connectivity index (χ2v) is 7.60. The number of phenols is 1. The lowest BCUT2D eigenvalue weighted by Gasteiger charge is -2.17. The first kappa shape index (κ1) is 23.3. The summed E-state index contributed by atoms with van der Waals surface area (Å²) in [7, 11) is 1.43.